The molecule has 0 aromatic carbocycles. The zero-order valence-corrected chi connectivity index (χ0v) is 5.60. The Morgan fingerprint density at radius 3 is 3.00 bits per heavy atom. The van der Waals surface area contributed by atoms with Crippen LogP contribution in [0.25, 0.3) is 0 Å². The van der Waals surface area contributed by atoms with Crippen LogP contribution in [0.3, 0.4) is 0 Å². The lowest BCUT2D eigenvalue weighted by Crippen LogP contribution is -2.33. The van der Waals surface area contributed by atoms with Crippen LogP contribution in [0.4, 0.5) is 0 Å². The van der Waals surface area contributed by atoms with E-state index in [1.165, 1.54) is 25.7 Å². The van der Waals surface area contributed by atoms with Gasteiger partial charge in [0.2, 0.25) is 0 Å². The minimum atomic E-state index is 0.554. The van der Waals surface area contributed by atoms with Crippen molar-refractivity contribution in [3.8, 4) is 0 Å². The van der Waals surface area contributed by atoms with Crippen molar-refractivity contribution >= 4 is 0 Å². The van der Waals surface area contributed by atoms with Gasteiger partial charge in [0.15, 0.2) is 0 Å². The van der Waals surface area contributed by atoms with Gasteiger partial charge < -0.3 is 4.74 Å². The van der Waals surface area contributed by atoms with E-state index in [9.17, 15) is 0 Å². The van der Waals surface area contributed by atoms with Gasteiger partial charge in [-0.3, -0.25) is 5.32 Å². The third-order valence-electron chi connectivity index (χ3n) is 2.35. The van der Waals surface area contributed by atoms with Crippen molar-refractivity contribution in [2.75, 3.05) is 6.73 Å². The van der Waals surface area contributed by atoms with Crippen LogP contribution in [-0.4, -0.2) is 18.9 Å². The third-order valence-corrected chi connectivity index (χ3v) is 2.35. The Labute approximate surface area is 55.6 Å². The molecule has 0 spiro atoms. The number of hydrogen-bond acceptors (Lipinski definition) is 2. The van der Waals surface area contributed by atoms with Crippen molar-refractivity contribution in [1.29, 1.82) is 0 Å². The SMILES string of the molecule is C1CC[C@@H]2OCNC2C1. The molecule has 0 radical (unpaired) electrons. The number of hydrogen-bond donors (Lipinski definition) is 1. The second-order valence-corrected chi connectivity index (χ2v) is 2.94. The molecular weight excluding hydrogens is 114 g/mol. The molecule has 1 unspecified atom stereocenters. The van der Waals surface area contributed by atoms with Crippen molar-refractivity contribution in [3.05, 3.63) is 0 Å². The lowest BCUT2D eigenvalue weighted by molar-refractivity contribution is 0.0823. The van der Waals surface area contributed by atoms with E-state index in [0.717, 1.165) is 6.73 Å². The minimum absolute atomic E-state index is 0.554. The molecule has 1 heterocycles. The van der Waals surface area contributed by atoms with Crippen molar-refractivity contribution in [2.24, 2.45) is 0 Å². The predicted octanol–water partition coefficient (Wildman–Crippen LogP) is 0.875. The zero-order chi connectivity index (χ0) is 6.10. The molecule has 1 N–H and O–H groups in total. The molecule has 2 nitrogen and oxygen atoms in total. The summed E-state index contributed by atoms with van der Waals surface area (Å²) in [7, 11) is 0. The fourth-order valence-corrected chi connectivity index (χ4v) is 1.79. The van der Waals surface area contributed by atoms with Gasteiger partial charge in [-0.1, -0.05) is 12.8 Å². The van der Waals surface area contributed by atoms with Crippen molar-refractivity contribution in [1.82, 2.24) is 5.32 Å². The molecule has 1 aliphatic carbocycles. The van der Waals surface area contributed by atoms with Gasteiger partial charge in [-0.2, -0.15) is 0 Å². The average molecular weight is 127 g/mol. The Bertz CT molecular complexity index is 93.1. The Morgan fingerprint density at radius 1 is 1.22 bits per heavy atom. The molecule has 2 rings (SSSR count). The normalized spacial score (nSPS) is 42.7. The molecule has 2 heteroatoms. The quantitative estimate of drug-likeness (QED) is 0.521. The van der Waals surface area contributed by atoms with Crippen LogP contribution in [0, 0.1) is 0 Å². The Kier molecular flexibility index (Phi) is 1.44. The summed E-state index contributed by atoms with van der Waals surface area (Å²) in [5.74, 6) is 0. The summed E-state index contributed by atoms with van der Waals surface area (Å²) in [6.45, 7) is 0.787. The Balaban J connectivity index is 1.97. The maximum absolute atomic E-state index is 5.45. The molecular formula is C7H13NO. The van der Waals surface area contributed by atoms with Crippen molar-refractivity contribution < 1.29 is 4.74 Å². The highest BCUT2D eigenvalue weighted by Gasteiger charge is 2.29. The Hall–Kier alpha value is -0.0800. The van der Waals surface area contributed by atoms with Crippen LogP contribution in [0.15, 0.2) is 0 Å². The second-order valence-electron chi connectivity index (χ2n) is 2.94. The molecule has 2 atom stereocenters. The Morgan fingerprint density at radius 2 is 2.11 bits per heavy atom. The summed E-state index contributed by atoms with van der Waals surface area (Å²) in [6.07, 6.45) is 5.90. The summed E-state index contributed by atoms with van der Waals surface area (Å²) in [5.41, 5.74) is 0. The number of nitrogens with one attached hydrogen (secondary N) is 1. The van der Waals surface area contributed by atoms with Crippen LogP contribution < -0.4 is 5.32 Å². The van der Waals surface area contributed by atoms with E-state index in [1.807, 2.05) is 0 Å². The summed E-state index contributed by atoms with van der Waals surface area (Å²) in [6, 6.07) is 0.693. The van der Waals surface area contributed by atoms with E-state index >= 15 is 0 Å². The van der Waals surface area contributed by atoms with Gasteiger partial charge >= 0.3 is 0 Å². The summed E-state index contributed by atoms with van der Waals surface area (Å²) in [4.78, 5) is 0. The topological polar surface area (TPSA) is 21.3 Å². The lowest BCUT2D eigenvalue weighted by Gasteiger charge is -2.22. The maximum Gasteiger partial charge on any atom is 0.0972 e. The molecule has 1 aliphatic heterocycles. The van der Waals surface area contributed by atoms with E-state index in [4.69, 9.17) is 4.74 Å². The first kappa shape index (κ1) is 5.69. The van der Waals surface area contributed by atoms with E-state index in [2.05, 4.69) is 5.32 Å². The van der Waals surface area contributed by atoms with Crippen LogP contribution >= 0.6 is 0 Å². The molecule has 0 aromatic heterocycles. The van der Waals surface area contributed by atoms with E-state index in [0.29, 0.717) is 12.1 Å². The lowest BCUT2D eigenvalue weighted by atomic mass is 9.93. The zero-order valence-electron chi connectivity index (χ0n) is 5.60. The van der Waals surface area contributed by atoms with Gasteiger partial charge in [0.05, 0.1) is 12.8 Å². The van der Waals surface area contributed by atoms with E-state index in [1.54, 1.807) is 0 Å². The monoisotopic (exact) mass is 127 g/mol. The summed E-state index contributed by atoms with van der Waals surface area (Å²) >= 11 is 0. The van der Waals surface area contributed by atoms with Crippen LogP contribution in [0.2, 0.25) is 0 Å². The first-order valence-electron chi connectivity index (χ1n) is 3.82. The second kappa shape index (κ2) is 2.27. The first-order chi connectivity index (χ1) is 4.47. The van der Waals surface area contributed by atoms with Gasteiger partial charge in [0.25, 0.3) is 0 Å². The number of fused-ring (bicyclic) bond motifs is 1. The van der Waals surface area contributed by atoms with Crippen molar-refractivity contribution in [3.63, 3.8) is 0 Å². The highest BCUT2D eigenvalue weighted by molar-refractivity contribution is 4.84. The number of rotatable bonds is 0. The molecule has 0 aromatic rings. The highest BCUT2D eigenvalue weighted by atomic mass is 16.5. The average Bonchev–Trinajstić information content (AvgIpc) is 2.33. The minimum Gasteiger partial charge on any atom is -0.361 e. The summed E-state index contributed by atoms with van der Waals surface area (Å²) < 4.78 is 5.45. The molecule has 1 saturated carbocycles. The molecule has 0 amide bonds. The first-order valence-corrected chi connectivity index (χ1v) is 3.82. The van der Waals surface area contributed by atoms with E-state index < -0.39 is 0 Å². The molecule has 2 aliphatic rings. The molecule has 2 fully saturated rings. The molecule has 1 saturated heterocycles. The largest absolute Gasteiger partial charge is 0.361 e. The van der Waals surface area contributed by atoms with Crippen LogP contribution in [0.1, 0.15) is 25.7 Å². The maximum atomic E-state index is 5.45. The van der Waals surface area contributed by atoms with Gasteiger partial charge in [-0.05, 0) is 12.8 Å². The van der Waals surface area contributed by atoms with Gasteiger partial charge in [0, 0.05) is 6.04 Å². The molecule has 52 valence electrons. The number of ether oxygens (including phenoxy) is 1. The summed E-state index contributed by atoms with van der Waals surface area (Å²) in [5, 5.41) is 3.34. The van der Waals surface area contributed by atoms with Gasteiger partial charge in [0.1, 0.15) is 0 Å². The predicted molar refractivity (Wildman–Crippen MR) is 35.1 cm³/mol. The fourth-order valence-electron chi connectivity index (χ4n) is 1.79. The third kappa shape index (κ3) is 0.970. The standard InChI is InChI=1S/C7H13NO/c1-2-4-7-6(3-1)8-5-9-7/h6-8H,1-5H2/t6?,7-/m0/s1. The van der Waals surface area contributed by atoms with Crippen LogP contribution in [-0.2, 0) is 4.74 Å². The van der Waals surface area contributed by atoms with E-state index in [-0.39, 0.29) is 0 Å². The smallest absolute Gasteiger partial charge is 0.0972 e. The molecule has 9 heavy (non-hydrogen) atoms. The highest BCUT2D eigenvalue weighted by Crippen LogP contribution is 2.23. The molecule has 0 bridgehead atoms. The van der Waals surface area contributed by atoms with Crippen molar-refractivity contribution in [2.45, 2.75) is 37.8 Å². The van der Waals surface area contributed by atoms with Gasteiger partial charge in [-0.25, -0.2) is 0 Å². The fraction of sp³-hybridized carbons (Fsp3) is 1.00. The van der Waals surface area contributed by atoms with Gasteiger partial charge in [-0.15, -0.1) is 0 Å². The van der Waals surface area contributed by atoms with Crippen LogP contribution in [0.5, 0.6) is 0 Å².